The zero-order chi connectivity index (χ0) is 12.7. The second-order valence-electron chi connectivity index (χ2n) is 3.97. The third-order valence-electron chi connectivity index (χ3n) is 2.68. The third-order valence-corrected chi connectivity index (χ3v) is 2.68. The first-order valence-corrected chi connectivity index (χ1v) is 5.89. The molecule has 0 bridgehead atoms. The Morgan fingerprint density at radius 3 is 2.94 bits per heavy atom. The maximum atomic E-state index is 13.2. The molecule has 0 saturated heterocycles. The smallest absolute Gasteiger partial charge is 0.124 e. The molecule has 94 valence electrons. The number of unbranched alkanes of at least 4 members (excludes halogenated alkanes) is 1. The summed E-state index contributed by atoms with van der Waals surface area (Å²) in [4.78, 5) is 0. The largest absolute Gasteiger partial charge is 0.493 e. The van der Waals surface area contributed by atoms with E-state index in [0.29, 0.717) is 6.61 Å². The Morgan fingerprint density at radius 2 is 2.29 bits per heavy atom. The lowest BCUT2D eigenvalue weighted by atomic mass is 10.1. The lowest BCUT2D eigenvalue weighted by Crippen LogP contribution is -2.14. The van der Waals surface area contributed by atoms with Crippen LogP contribution in [-0.2, 0) is 0 Å². The van der Waals surface area contributed by atoms with Gasteiger partial charge in [-0.1, -0.05) is 6.08 Å². The molecule has 0 aliphatic heterocycles. The van der Waals surface area contributed by atoms with Gasteiger partial charge in [0.2, 0.25) is 0 Å². The molecule has 1 atom stereocenters. The Hall–Kier alpha value is -1.35. The summed E-state index contributed by atoms with van der Waals surface area (Å²) in [5.41, 5.74) is 0.853. The molecule has 0 aromatic heterocycles. The minimum atomic E-state index is -0.236. The number of halogens is 1. The lowest BCUT2D eigenvalue weighted by Gasteiger charge is -2.16. The molecule has 0 saturated carbocycles. The van der Waals surface area contributed by atoms with Crippen LogP contribution in [0.2, 0.25) is 0 Å². The Bertz CT molecular complexity index is 365. The first-order chi connectivity index (χ1) is 8.19. The number of hydrogen-bond acceptors (Lipinski definition) is 2. The number of nitrogens with one attached hydrogen (secondary N) is 1. The summed E-state index contributed by atoms with van der Waals surface area (Å²) in [5, 5.41) is 3.09. The molecule has 1 aromatic carbocycles. The first kappa shape index (κ1) is 13.7. The van der Waals surface area contributed by atoms with Crippen LogP contribution in [0.5, 0.6) is 5.75 Å². The molecule has 0 spiro atoms. The highest BCUT2D eigenvalue weighted by atomic mass is 19.1. The van der Waals surface area contributed by atoms with Gasteiger partial charge in [-0.15, -0.1) is 6.58 Å². The molecule has 1 N–H and O–H groups in total. The van der Waals surface area contributed by atoms with Crippen LogP contribution in [0.1, 0.15) is 31.4 Å². The fraction of sp³-hybridized carbons (Fsp3) is 0.429. The fourth-order valence-corrected chi connectivity index (χ4v) is 1.55. The molecular weight excluding hydrogens is 217 g/mol. The van der Waals surface area contributed by atoms with Gasteiger partial charge in [0.05, 0.1) is 6.61 Å². The van der Waals surface area contributed by atoms with Crippen molar-refractivity contribution >= 4 is 0 Å². The molecule has 0 aliphatic carbocycles. The second kappa shape index (κ2) is 7.07. The highest BCUT2D eigenvalue weighted by Crippen LogP contribution is 2.26. The van der Waals surface area contributed by atoms with E-state index in [-0.39, 0.29) is 11.9 Å². The van der Waals surface area contributed by atoms with Gasteiger partial charge in [-0.25, -0.2) is 4.39 Å². The minimum absolute atomic E-state index is 0.0695. The molecular formula is C14H20FNO. The Labute approximate surface area is 102 Å². The molecule has 17 heavy (non-hydrogen) atoms. The Balaban J connectivity index is 2.72. The van der Waals surface area contributed by atoms with E-state index in [1.165, 1.54) is 12.1 Å². The molecule has 3 heteroatoms. The SMILES string of the molecule is C=CCCCOc1ccc(F)cc1C(C)NC. The predicted molar refractivity (Wildman–Crippen MR) is 68.8 cm³/mol. The summed E-state index contributed by atoms with van der Waals surface area (Å²) < 4.78 is 18.9. The van der Waals surface area contributed by atoms with E-state index in [4.69, 9.17) is 4.74 Å². The predicted octanol–water partition coefficient (Wildman–Crippen LogP) is 3.45. The van der Waals surface area contributed by atoms with Gasteiger partial charge in [0.1, 0.15) is 11.6 Å². The van der Waals surface area contributed by atoms with E-state index in [9.17, 15) is 4.39 Å². The van der Waals surface area contributed by atoms with Crippen LogP contribution in [0.15, 0.2) is 30.9 Å². The average Bonchev–Trinajstić information content (AvgIpc) is 2.35. The fourth-order valence-electron chi connectivity index (χ4n) is 1.55. The number of allylic oxidation sites excluding steroid dienone is 1. The van der Waals surface area contributed by atoms with Crippen LogP contribution in [0.3, 0.4) is 0 Å². The summed E-state index contributed by atoms with van der Waals surface area (Å²) in [6, 6.07) is 4.70. The van der Waals surface area contributed by atoms with Crippen molar-refractivity contribution < 1.29 is 9.13 Å². The summed E-state index contributed by atoms with van der Waals surface area (Å²) in [5.74, 6) is 0.512. The standard InChI is InChI=1S/C14H20FNO/c1-4-5-6-9-17-14-8-7-12(15)10-13(14)11(2)16-3/h4,7-8,10-11,16H,1,5-6,9H2,2-3H3. The zero-order valence-corrected chi connectivity index (χ0v) is 10.5. The lowest BCUT2D eigenvalue weighted by molar-refractivity contribution is 0.305. The zero-order valence-electron chi connectivity index (χ0n) is 10.5. The monoisotopic (exact) mass is 237 g/mol. The molecule has 2 nitrogen and oxygen atoms in total. The number of rotatable bonds is 7. The highest BCUT2D eigenvalue weighted by molar-refractivity contribution is 5.36. The molecule has 1 unspecified atom stereocenters. The van der Waals surface area contributed by atoms with Crippen LogP contribution in [0, 0.1) is 5.82 Å². The van der Waals surface area contributed by atoms with E-state index in [0.717, 1.165) is 24.2 Å². The normalized spacial score (nSPS) is 12.2. The van der Waals surface area contributed by atoms with Gasteiger partial charge in [-0.3, -0.25) is 0 Å². The Morgan fingerprint density at radius 1 is 1.53 bits per heavy atom. The van der Waals surface area contributed by atoms with Crippen LogP contribution < -0.4 is 10.1 Å². The Kier molecular flexibility index (Phi) is 5.70. The van der Waals surface area contributed by atoms with Crippen LogP contribution in [0.4, 0.5) is 4.39 Å². The number of hydrogen-bond donors (Lipinski definition) is 1. The molecule has 1 aromatic rings. The van der Waals surface area contributed by atoms with Crippen molar-refractivity contribution in [1.29, 1.82) is 0 Å². The molecule has 0 heterocycles. The molecule has 0 radical (unpaired) electrons. The van der Waals surface area contributed by atoms with E-state index in [1.54, 1.807) is 6.07 Å². The quantitative estimate of drug-likeness (QED) is 0.579. The van der Waals surface area contributed by atoms with Crippen molar-refractivity contribution in [3.8, 4) is 5.75 Å². The summed E-state index contributed by atoms with van der Waals surface area (Å²) >= 11 is 0. The van der Waals surface area contributed by atoms with Crippen LogP contribution in [0.25, 0.3) is 0 Å². The highest BCUT2D eigenvalue weighted by Gasteiger charge is 2.11. The van der Waals surface area contributed by atoms with E-state index < -0.39 is 0 Å². The van der Waals surface area contributed by atoms with Crippen molar-refractivity contribution in [3.05, 3.63) is 42.2 Å². The third kappa shape index (κ3) is 4.19. The van der Waals surface area contributed by atoms with Gasteiger partial charge in [-0.2, -0.15) is 0 Å². The van der Waals surface area contributed by atoms with Crippen molar-refractivity contribution in [1.82, 2.24) is 5.32 Å². The van der Waals surface area contributed by atoms with Crippen LogP contribution in [-0.4, -0.2) is 13.7 Å². The number of ether oxygens (including phenoxy) is 1. The van der Waals surface area contributed by atoms with E-state index in [2.05, 4.69) is 11.9 Å². The summed E-state index contributed by atoms with van der Waals surface area (Å²) in [6.07, 6.45) is 3.72. The van der Waals surface area contributed by atoms with Gasteiger partial charge in [0, 0.05) is 11.6 Å². The summed E-state index contributed by atoms with van der Waals surface area (Å²) in [7, 11) is 1.84. The van der Waals surface area contributed by atoms with Crippen molar-refractivity contribution in [2.24, 2.45) is 0 Å². The van der Waals surface area contributed by atoms with Gasteiger partial charge in [0.25, 0.3) is 0 Å². The van der Waals surface area contributed by atoms with Crippen LogP contribution >= 0.6 is 0 Å². The first-order valence-electron chi connectivity index (χ1n) is 5.89. The van der Waals surface area contributed by atoms with E-state index >= 15 is 0 Å². The van der Waals surface area contributed by atoms with Gasteiger partial charge < -0.3 is 10.1 Å². The molecule has 1 rings (SSSR count). The minimum Gasteiger partial charge on any atom is -0.493 e. The molecule has 0 aliphatic rings. The average molecular weight is 237 g/mol. The van der Waals surface area contributed by atoms with E-state index in [1.807, 2.05) is 20.0 Å². The van der Waals surface area contributed by atoms with Crippen molar-refractivity contribution in [3.63, 3.8) is 0 Å². The maximum Gasteiger partial charge on any atom is 0.124 e. The molecule has 0 amide bonds. The molecule has 0 fully saturated rings. The van der Waals surface area contributed by atoms with Crippen molar-refractivity contribution in [2.75, 3.05) is 13.7 Å². The topological polar surface area (TPSA) is 21.3 Å². The number of benzene rings is 1. The summed E-state index contributed by atoms with van der Waals surface area (Å²) in [6.45, 7) is 6.26. The second-order valence-corrected chi connectivity index (χ2v) is 3.97. The van der Waals surface area contributed by atoms with Crippen molar-refractivity contribution in [2.45, 2.75) is 25.8 Å². The van der Waals surface area contributed by atoms with Gasteiger partial charge >= 0.3 is 0 Å². The maximum absolute atomic E-state index is 13.2. The van der Waals surface area contributed by atoms with Gasteiger partial charge in [-0.05, 0) is 45.0 Å². The van der Waals surface area contributed by atoms with Gasteiger partial charge in [0.15, 0.2) is 0 Å².